The van der Waals surface area contributed by atoms with Gasteiger partial charge in [-0.25, -0.2) is 4.79 Å². The summed E-state index contributed by atoms with van der Waals surface area (Å²) in [5.74, 6) is -1.32. The highest BCUT2D eigenvalue weighted by molar-refractivity contribution is 6.30. The van der Waals surface area contributed by atoms with Crippen molar-refractivity contribution in [3.05, 3.63) is 40.6 Å². The summed E-state index contributed by atoms with van der Waals surface area (Å²) in [4.78, 5) is 23.9. The minimum atomic E-state index is -0.724. The minimum Gasteiger partial charge on any atom is -0.462 e. The largest absolute Gasteiger partial charge is 0.462 e. The van der Waals surface area contributed by atoms with Crippen LogP contribution in [0.4, 0.5) is 5.69 Å². The number of carbonyl (C=O) groups is 2. The second kappa shape index (κ2) is 7.55. The average Bonchev–Trinajstić information content (AvgIpc) is 2.41. The number of anilines is 1. The third-order valence-corrected chi connectivity index (χ3v) is 2.76. The van der Waals surface area contributed by atoms with Crippen molar-refractivity contribution in [2.24, 2.45) is 5.73 Å². The van der Waals surface area contributed by atoms with E-state index in [0.717, 1.165) is 0 Å². The Bertz CT molecular complexity index is 524. The van der Waals surface area contributed by atoms with Crippen LogP contribution in [0.1, 0.15) is 20.3 Å². The number of nitrogens with one attached hydrogen (secondary N) is 1. The zero-order chi connectivity index (χ0) is 15.1. The van der Waals surface area contributed by atoms with Gasteiger partial charge in [-0.2, -0.15) is 0 Å². The maximum Gasteiger partial charge on any atom is 0.345 e. The Labute approximate surface area is 122 Å². The van der Waals surface area contributed by atoms with Gasteiger partial charge in [0.05, 0.1) is 6.61 Å². The number of nitrogens with two attached hydrogens (primary N) is 1. The fourth-order valence-electron chi connectivity index (χ4n) is 1.48. The molecule has 1 amide bonds. The molecule has 0 atom stereocenters. The number of ether oxygens (including phenoxy) is 1. The molecule has 0 fully saturated rings. The molecule has 0 unspecified atom stereocenters. The van der Waals surface area contributed by atoms with Crippen molar-refractivity contribution in [3.63, 3.8) is 0 Å². The Morgan fingerprint density at radius 2 is 1.85 bits per heavy atom. The molecule has 6 heteroatoms. The number of amides is 1. The van der Waals surface area contributed by atoms with Crippen LogP contribution in [0.2, 0.25) is 5.02 Å². The first-order valence-corrected chi connectivity index (χ1v) is 6.60. The first-order valence-electron chi connectivity index (χ1n) is 6.22. The van der Waals surface area contributed by atoms with Gasteiger partial charge in [-0.3, -0.25) is 4.79 Å². The third-order valence-electron chi connectivity index (χ3n) is 2.51. The lowest BCUT2D eigenvalue weighted by Gasteiger charge is -2.11. The van der Waals surface area contributed by atoms with Crippen molar-refractivity contribution in [1.29, 1.82) is 0 Å². The van der Waals surface area contributed by atoms with Gasteiger partial charge in [-0.1, -0.05) is 18.5 Å². The molecule has 20 heavy (non-hydrogen) atoms. The molecule has 0 aliphatic rings. The molecular formula is C14H17ClN2O3. The van der Waals surface area contributed by atoms with Gasteiger partial charge in [0.1, 0.15) is 5.57 Å². The van der Waals surface area contributed by atoms with Crippen LogP contribution in [-0.4, -0.2) is 18.5 Å². The summed E-state index contributed by atoms with van der Waals surface area (Å²) in [5.41, 5.74) is 6.27. The first kappa shape index (κ1) is 16.0. The van der Waals surface area contributed by atoms with E-state index in [4.69, 9.17) is 22.1 Å². The van der Waals surface area contributed by atoms with Gasteiger partial charge < -0.3 is 15.8 Å². The fourth-order valence-corrected chi connectivity index (χ4v) is 1.60. The number of allylic oxidation sites excluding steroid dienone is 1. The fraction of sp³-hybridized carbons (Fsp3) is 0.286. The lowest BCUT2D eigenvalue weighted by atomic mass is 10.1. The van der Waals surface area contributed by atoms with E-state index in [0.29, 0.717) is 17.1 Å². The van der Waals surface area contributed by atoms with E-state index >= 15 is 0 Å². The highest BCUT2D eigenvalue weighted by Gasteiger charge is 2.22. The van der Waals surface area contributed by atoms with Gasteiger partial charge in [0.25, 0.3) is 5.91 Å². The van der Waals surface area contributed by atoms with Crippen LogP contribution in [0.15, 0.2) is 35.5 Å². The molecule has 0 spiro atoms. The summed E-state index contributed by atoms with van der Waals surface area (Å²) in [5, 5.41) is 3.14. The molecule has 0 saturated heterocycles. The van der Waals surface area contributed by atoms with Gasteiger partial charge in [-0.05, 0) is 37.6 Å². The molecule has 5 nitrogen and oxygen atoms in total. The van der Waals surface area contributed by atoms with Crippen molar-refractivity contribution < 1.29 is 14.3 Å². The average molecular weight is 297 g/mol. The molecule has 1 aromatic rings. The van der Waals surface area contributed by atoms with Crippen LogP contribution in [-0.2, 0) is 14.3 Å². The van der Waals surface area contributed by atoms with Gasteiger partial charge in [0, 0.05) is 16.4 Å². The van der Waals surface area contributed by atoms with Crippen molar-refractivity contribution in [2.45, 2.75) is 20.3 Å². The predicted octanol–water partition coefficient (Wildman–Crippen LogP) is 2.46. The number of carbonyl (C=O) groups excluding carboxylic acids is 2. The Hall–Kier alpha value is -2.01. The number of halogens is 1. The maximum atomic E-state index is 12.1. The second-order valence-corrected chi connectivity index (χ2v) is 4.37. The summed E-state index contributed by atoms with van der Waals surface area (Å²) in [6, 6.07) is 6.53. The van der Waals surface area contributed by atoms with Gasteiger partial charge >= 0.3 is 5.97 Å². The van der Waals surface area contributed by atoms with Gasteiger partial charge in [0.2, 0.25) is 0 Å². The van der Waals surface area contributed by atoms with Crippen molar-refractivity contribution in [1.82, 2.24) is 0 Å². The zero-order valence-corrected chi connectivity index (χ0v) is 12.2. The molecule has 0 aromatic heterocycles. The van der Waals surface area contributed by atoms with E-state index < -0.39 is 11.9 Å². The molecule has 108 valence electrons. The van der Waals surface area contributed by atoms with Crippen LogP contribution >= 0.6 is 11.6 Å². The SMILES string of the molecule is CCOC(=O)C(C(=O)Nc1ccc(Cl)cc1)=C(N)CC. The molecular weight excluding hydrogens is 280 g/mol. The lowest BCUT2D eigenvalue weighted by Crippen LogP contribution is -2.26. The van der Waals surface area contributed by atoms with Crippen LogP contribution < -0.4 is 11.1 Å². The topological polar surface area (TPSA) is 81.4 Å². The quantitative estimate of drug-likeness (QED) is 0.378. The normalized spacial score (nSPS) is 11.6. The number of hydrogen-bond acceptors (Lipinski definition) is 4. The number of rotatable bonds is 5. The Balaban J connectivity index is 2.95. The summed E-state index contributed by atoms with van der Waals surface area (Å²) < 4.78 is 4.85. The second-order valence-electron chi connectivity index (χ2n) is 3.94. The molecule has 0 heterocycles. The van der Waals surface area contributed by atoms with Crippen LogP contribution in [0.25, 0.3) is 0 Å². The zero-order valence-electron chi connectivity index (χ0n) is 11.4. The third kappa shape index (κ3) is 4.28. The van der Waals surface area contributed by atoms with Crippen LogP contribution in [0, 0.1) is 0 Å². The Morgan fingerprint density at radius 1 is 1.25 bits per heavy atom. The number of hydrogen-bond donors (Lipinski definition) is 2. The van der Waals surface area contributed by atoms with Crippen molar-refractivity contribution in [3.8, 4) is 0 Å². The van der Waals surface area contributed by atoms with Gasteiger partial charge in [-0.15, -0.1) is 0 Å². The van der Waals surface area contributed by atoms with E-state index in [2.05, 4.69) is 5.32 Å². The van der Waals surface area contributed by atoms with E-state index in [9.17, 15) is 9.59 Å². The van der Waals surface area contributed by atoms with Crippen LogP contribution in [0.5, 0.6) is 0 Å². The highest BCUT2D eigenvalue weighted by atomic mass is 35.5. The van der Waals surface area contributed by atoms with Gasteiger partial charge in [0.15, 0.2) is 0 Å². The van der Waals surface area contributed by atoms with E-state index in [-0.39, 0.29) is 17.9 Å². The monoisotopic (exact) mass is 296 g/mol. The molecule has 1 rings (SSSR count). The standard InChI is InChI=1S/C14H17ClN2O3/c1-3-11(16)12(14(19)20-4-2)13(18)17-10-7-5-9(15)6-8-10/h5-8H,3-4,16H2,1-2H3,(H,17,18). The Morgan fingerprint density at radius 3 is 2.35 bits per heavy atom. The lowest BCUT2D eigenvalue weighted by molar-refractivity contribution is -0.139. The Kier molecular flexibility index (Phi) is 6.06. The van der Waals surface area contributed by atoms with E-state index in [1.54, 1.807) is 38.1 Å². The number of esters is 1. The number of benzene rings is 1. The molecule has 0 saturated carbocycles. The molecule has 0 bridgehead atoms. The van der Waals surface area contributed by atoms with Crippen LogP contribution in [0.3, 0.4) is 0 Å². The summed E-state index contributed by atoms with van der Waals surface area (Å²) >= 11 is 5.76. The minimum absolute atomic E-state index is 0.163. The summed E-state index contributed by atoms with van der Waals surface area (Å²) in [7, 11) is 0. The molecule has 0 aliphatic carbocycles. The summed E-state index contributed by atoms with van der Waals surface area (Å²) in [6.45, 7) is 3.59. The predicted molar refractivity (Wildman–Crippen MR) is 78.2 cm³/mol. The molecule has 1 aromatic carbocycles. The van der Waals surface area contributed by atoms with Crippen molar-refractivity contribution >= 4 is 29.2 Å². The van der Waals surface area contributed by atoms with E-state index in [1.807, 2.05) is 0 Å². The van der Waals surface area contributed by atoms with Crippen molar-refractivity contribution in [2.75, 3.05) is 11.9 Å². The maximum absolute atomic E-state index is 12.1. The van der Waals surface area contributed by atoms with E-state index in [1.165, 1.54) is 0 Å². The molecule has 0 aliphatic heterocycles. The molecule has 0 radical (unpaired) electrons. The molecule has 3 N–H and O–H groups in total. The first-order chi connectivity index (χ1) is 9.49. The smallest absolute Gasteiger partial charge is 0.345 e. The summed E-state index contributed by atoms with van der Waals surface area (Å²) in [6.07, 6.45) is 0.377. The highest BCUT2D eigenvalue weighted by Crippen LogP contribution is 2.15.